The zero-order valence-electron chi connectivity index (χ0n) is 11.3. The maximum absolute atomic E-state index is 12.1. The van der Waals surface area contributed by atoms with Crippen LogP contribution in [0.2, 0.25) is 0 Å². The van der Waals surface area contributed by atoms with Crippen LogP contribution in [0, 0.1) is 13.8 Å². The van der Waals surface area contributed by atoms with Crippen LogP contribution >= 0.6 is 0 Å². The van der Waals surface area contributed by atoms with Crippen LogP contribution in [0.1, 0.15) is 11.3 Å². The fourth-order valence-electron chi connectivity index (χ4n) is 1.75. The van der Waals surface area contributed by atoms with Crippen LogP contribution in [-0.2, 0) is 14.3 Å². The van der Waals surface area contributed by atoms with Gasteiger partial charge < -0.3 is 14.5 Å². The van der Waals surface area contributed by atoms with Crippen molar-refractivity contribution >= 4 is 28.5 Å². The molecule has 2 rings (SSSR count). The van der Waals surface area contributed by atoms with Crippen molar-refractivity contribution in [3.05, 3.63) is 39.7 Å². The zero-order chi connectivity index (χ0) is 14.9. The molecular weight excluding hydrogens is 262 g/mol. The van der Waals surface area contributed by atoms with E-state index >= 15 is 0 Å². The number of esters is 1. The molecule has 2 aromatic rings. The maximum Gasteiger partial charge on any atom is 0.396 e. The summed E-state index contributed by atoms with van der Waals surface area (Å²) in [5.41, 5.74) is 1.09. The number of benzene rings is 1. The second-order valence-electron chi connectivity index (χ2n) is 4.27. The van der Waals surface area contributed by atoms with E-state index < -0.39 is 11.9 Å². The van der Waals surface area contributed by atoms with Gasteiger partial charge in [-0.05, 0) is 32.0 Å². The number of methoxy groups -OCH3 is 1. The van der Waals surface area contributed by atoms with Crippen molar-refractivity contribution in [3.8, 4) is 0 Å². The second-order valence-corrected chi connectivity index (χ2v) is 4.27. The predicted molar refractivity (Wildman–Crippen MR) is 72.6 cm³/mol. The van der Waals surface area contributed by atoms with E-state index in [1.807, 2.05) is 0 Å². The summed E-state index contributed by atoms with van der Waals surface area (Å²) in [7, 11) is 1.11. The monoisotopic (exact) mass is 275 g/mol. The Morgan fingerprint density at radius 3 is 2.60 bits per heavy atom. The first-order chi connectivity index (χ1) is 9.43. The molecule has 0 saturated heterocycles. The number of carbonyl (C=O) groups excluding carboxylic acids is 2. The van der Waals surface area contributed by atoms with Crippen molar-refractivity contribution in [2.24, 2.45) is 0 Å². The van der Waals surface area contributed by atoms with Crippen LogP contribution in [-0.4, -0.2) is 19.0 Å². The van der Waals surface area contributed by atoms with E-state index in [0.29, 0.717) is 28.0 Å². The standard InChI is InChI=1S/C14H13NO5/c1-7-8(2)20-11-5-4-9(6-10(11)12(7)16)15-13(17)14(18)19-3/h4-6H,1-3H3,(H,15,17). The molecule has 0 spiro atoms. The molecule has 6 nitrogen and oxygen atoms in total. The van der Waals surface area contributed by atoms with Crippen LogP contribution in [0.4, 0.5) is 5.69 Å². The van der Waals surface area contributed by atoms with E-state index in [2.05, 4.69) is 10.1 Å². The van der Waals surface area contributed by atoms with Crippen molar-refractivity contribution in [2.45, 2.75) is 13.8 Å². The van der Waals surface area contributed by atoms with Gasteiger partial charge in [0.05, 0.1) is 12.5 Å². The summed E-state index contributed by atoms with van der Waals surface area (Å²) in [4.78, 5) is 34.5. The van der Waals surface area contributed by atoms with Crippen LogP contribution in [0.3, 0.4) is 0 Å². The molecule has 0 fully saturated rings. The number of hydrogen-bond donors (Lipinski definition) is 1. The van der Waals surface area contributed by atoms with Gasteiger partial charge in [-0.3, -0.25) is 9.59 Å². The van der Waals surface area contributed by atoms with Gasteiger partial charge in [-0.25, -0.2) is 4.79 Å². The average molecular weight is 275 g/mol. The van der Waals surface area contributed by atoms with Gasteiger partial charge in [-0.1, -0.05) is 0 Å². The van der Waals surface area contributed by atoms with Gasteiger partial charge in [-0.15, -0.1) is 0 Å². The Hall–Kier alpha value is -2.63. The molecule has 1 heterocycles. The molecule has 1 aromatic carbocycles. The van der Waals surface area contributed by atoms with Crippen LogP contribution in [0.15, 0.2) is 27.4 Å². The molecule has 0 bridgehead atoms. The molecule has 0 aliphatic carbocycles. The largest absolute Gasteiger partial charge is 0.462 e. The van der Waals surface area contributed by atoms with E-state index in [1.165, 1.54) is 6.07 Å². The van der Waals surface area contributed by atoms with Gasteiger partial charge in [0.1, 0.15) is 11.3 Å². The lowest BCUT2D eigenvalue weighted by Gasteiger charge is -2.06. The third kappa shape index (κ3) is 2.40. The van der Waals surface area contributed by atoms with Gasteiger partial charge in [0.15, 0.2) is 5.43 Å². The minimum atomic E-state index is -1.00. The van der Waals surface area contributed by atoms with E-state index in [9.17, 15) is 14.4 Å². The molecule has 0 aliphatic rings. The fraction of sp³-hybridized carbons (Fsp3) is 0.214. The summed E-state index contributed by atoms with van der Waals surface area (Å²) in [6.45, 7) is 3.38. The molecule has 1 aromatic heterocycles. The molecule has 0 atom stereocenters. The normalized spacial score (nSPS) is 10.3. The minimum Gasteiger partial charge on any atom is -0.462 e. The fourth-order valence-corrected chi connectivity index (χ4v) is 1.75. The number of rotatable bonds is 1. The Labute approximate surface area is 114 Å². The van der Waals surface area contributed by atoms with Crippen LogP contribution < -0.4 is 10.7 Å². The van der Waals surface area contributed by atoms with Crippen molar-refractivity contribution in [1.29, 1.82) is 0 Å². The number of aryl methyl sites for hydroxylation is 1. The van der Waals surface area contributed by atoms with Gasteiger partial charge >= 0.3 is 11.9 Å². The Kier molecular flexibility index (Phi) is 3.56. The summed E-state index contributed by atoms with van der Waals surface area (Å²) >= 11 is 0. The highest BCUT2D eigenvalue weighted by molar-refractivity contribution is 6.37. The van der Waals surface area contributed by atoms with Crippen molar-refractivity contribution in [3.63, 3.8) is 0 Å². The van der Waals surface area contributed by atoms with Crippen LogP contribution in [0.5, 0.6) is 0 Å². The third-order valence-electron chi connectivity index (χ3n) is 2.98. The van der Waals surface area contributed by atoms with E-state index in [0.717, 1.165) is 7.11 Å². The number of nitrogens with one attached hydrogen (secondary N) is 1. The summed E-state index contributed by atoms with van der Waals surface area (Å²) in [5, 5.41) is 2.70. The van der Waals surface area contributed by atoms with Crippen molar-refractivity contribution < 1.29 is 18.7 Å². The Morgan fingerprint density at radius 2 is 1.95 bits per heavy atom. The third-order valence-corrected chi connectivity index (χ3v) is 2.98. The molecule has 0 unspecified atom stereocenters. The highest BCUT2D eigenvalue weighted by atomic mass is 16.5. The molecule has 6 heteroatoms. The van der Waals surface area contributed by atoms with E-state index in [-0.39, 0.29) is 5.43 Å². The maximum atomic E-state index is 12.1. The van der Waals surface area contributed by atoms with E-state index in [1.54, 1.807) is 26.0 Å². The Balaban J connectivity index is 2.47. The molecular formula is C14H13NO5. The van der Waals surface area contributed by atoms with E-state index in [4.69, 9.17) is 4.42 Å². The van der Waals surface area contributed by atoms with Gasteiger partial charge in [-0.2, -0.15) is 0 Å². The Bertz CT molecular complexity index is 760. The first kappa shape index (κ1) is 13.8. The SMILES string of the molecule is COC(=O)C(=O)Nc1ccc2oc(C)c(C)c(=O)c2c1. The van der Waals surface area contributed by atoms with Gasteiger partial charge in [0.2, 0.25) is 0 Å². The summed E-state index contributed by atoms with van der Waals surface area (Å²) in [5.74, 6) is -1.36. The predicted octanol–water partition coefficient (Wildman–Crippen LogP) is 1.52. The second kappa shape index (κ2) is 5.16. The molecule has 1 amide bonds. The lowest BCUT2D eigenvalue weighted by Crippen LogP contribution is -2.23. The molecule has 104 valence electrons. The smallest absolute Gasteiger partial charge is 0.396 e. The molecule has 20 heavy (non-hydrogen) atoms. The molecule has 0 aliphatic heterocycles. The molecule has 0 saturated carbocycles. The lowest BCUT2D eigenvalue weighted by atomic mass is 10.1. The lowest BCUT2D eigenvalue weighted by molar-refractivity contribution is -0.150. The first-order valence-corrected chi connectivity index (χ1v) is 5.87. The van der Waals surface area contributed by atoms with Crippen molar-refractivity contribution in [1.82, 2.24) is 0 Å². The van der Waals surface area contributed by atoms with Crippen LogP contribution in [0.25, 0.3) is 11.0 Å². The highest BCUT2D eigenvalue weighted by Gasteiger charge is 2.15. The number of carbonyl (C=O) groups is 2. The minimum absolute atomic E-state index is 0.169. The van der Waals surface area contributed by atoms with Crippen molar-refractivity contribution in [2.75, 3.05) is 12.4 Å². The summed E-state index contributed by atoms with van der Waals surface area (Å²) < 4.78 is 9.80. The van der Waals surface area contributed by atoms with Gasteiger partial charge in [0.25, 0.3) is 0 Å². The highest BCUT2D eigenvalue weighted by Crippen LogP contribution is 2.19. The van der Waals surface area contributed by atoms with Gasteiger partial charge in [0, 0.05) is 11.3 Å². The quantitative estimate of drug-likeness (QED) is 0.630. The topological polar surface area (TPSA) is 85.6 Å². The first-order valence-electron chi connectivity index (χ1n) is 5.87. The number of anilines is 1. The molecule has 1 N–H and O–H groups in total. The number of ether oxygens (including phenoxy) is 1. The zero-order valence-corrected chi connectivity index (χ0v) is 11.3. The number of fused-ring (bicyclic) bond motifs is 1. The number of amides is 1. The molecule has 0 radical (unpaired) electrons. The average Bonchev–Trinajstić information content (AvgIpc) is 2.44. The summed E-state index contributed by atoms with van der Waals surface area (Å²) in [6, 6.07) is 4.57. The summed E-state index contributed by atoms with van der Waals surface area (Å²) in [6.07, 6.45) is 0. The Morgan fingerprint density at radius 1 is 1.25 bits per heavy atom. The number of hydrogen-bond acceptors (Lipinski definition) is 5.